The van der Waals surface area contributed by atoms with Crippen molar-refractivity contribution in [3.05, 3.63) is 59.9 Å². The smallest absolute Gasteiger partial charge is 0.311 e. The zero-order valence-electron chi connectivity index (χ0n) is 13.6. The van der Waals surface area contributed by atoms with Crippen molar-refractivity contribution in [1.82, 2.24) is 10.3 Å². The molecule has 1 aliphatic rings. The summed E-state index contributed by atoms with van der Waals surface area (Å²) in [5.74, 6) is -0.137. The number of pyridine rings is 1. The molecule has 1 fully saturated rings. The van der Waals surface area contributed by atoms with E-state index in [4.69, 9.17) is 0 Å². The molecule has 132 valence electrons. The molecule has 1 N–H and O–H groups in total. The number of benzene rings is 1. The quantitative estimate of drug-likeness (QED) is 0.918. The van der Waals surface area contributed by atoms with Gasteiger partial charge in [-0.25, -0.2) is 0 Å². The van der Waals surface area contributed by atoms with Gasteiger partial charge < -0.3 is 4.90 Å². The van der Waals surface area contributed by atoms with Gasteiger partial charge in [0, 0.05) is 24.5 Å². The van der Waals surface area contributed by atoms with Crippen molar-refractivity contribution in [3.63, 3.8) is 0 Å². The number of nitrogens with one attached hydrogen (secondary N) is 1. The minimum Gasteiger partial charge on any atom is -0.311 e. The normalized spacial score (nSPS) is 19.3. The standard InChI is InChI=1S/C18H18F3N3O/c1-12(15-4-2-3-10-22-15)23-16-9-11-24(17(16)25)14-7-5-13(6-8-14)18(19,20)21/h2-8,10,12,16,23H,9,11H2,1H3/t12-,16-/m0/s1. The first-order chi connectivity index (χ1) is 11.9. The average molecular weight is 349 g/mol. The van der Waals surface area contributed by atoms with Crippen molar-refractivity contribution in [2.75, 3.05) is 11.4 Å². The molecule has 0 aliphatic carbocycles. The highest BCUT2D eigenvalue weighted by Crippen LogP contribution is 2.31. The zero-order valence-corrected chi connectivity index (χ0v) is 13.6. The summed E-state index contributed by atoms with van der Waals surface area (Å²) >= 11 is 0. The molecule has 7 heteroatoms. The van der Waals surface area contributed by atoms with Crippen LogP contribution in [-0.2, 0) is 11.0 Å². The maximum Gasteiger partial charge on any atom is 0.416 e. The molecule has 25 heavy (non-hydrogen) atoms. The van der Waals surface area contributed by atoms with Crippen LogP contribution in [0.15, 0.2) is 48.7 Å². The van der Waals surface area contributed by atoms with Gasteiger partial charge in [-0.05, 0) is 49.7 Å². The van der Waals surface area contributed by atoms with Crippen LogP contribution in [0.5, 0.6) is 0 Å². The van der Waals surface area contributed by atoms with Gasteiger partial charge >= 0.3 is 6.18 Å². The van der Waals surface area contributed by atoms with Crippen molar-refractivity contribution in [3.8, 4) is 0 Å². The highest BCUT2D eigenvalue weighted by Gasteiger charge is 2.34. The summed E-state index contributed by atoms with van der Waals surface area (Å²) in [4.78, 5) is 18.4. The largest absolute Gasteiger partial charge is 0.416 e. The lowest BCUT2D eigenvalue weighted by atomic mass is 10.1. The third-order valence-corrected chi connectivity index (χ3v) is 4.29. The van der Waals surface area contributed by atoms with Gasteiger partial charge in [0.05, 0.1) is 17.3 Å². The first-order valence-electron chi connectivity index (χ1n) is 8.02. The number of hydrogen-bond acceptors (Lipinski definition) is 3. The summed E-state index contributed by atoms with van der Waals surface area (Å²) in [5, 5.41) is 3.25. The fourth-order valence-electron chi connectivity index (χ4n) is 2.94. The van der Waals surface area contributed by atoms with Crippen molar-refractivity contribution in [1.29, 1.82) is 0 Å². The molecule has 2 atom stereocenters. The van der Waals surface area contributed by atoms with E-state index in [1.165, 1.54) is 17.0 Å². The average Bonchev–Trinajstić information content (AvgIpc) is 2.96. The Morgan fingerprint density at radius 2 is 1.92 bits per heavy atom. The Bertz CT molecular complexity index is 731. The molecule has 2 aromatic rings. The molecule has 1 aliphatic heterocycles. The number of carbonyl (C=O) groups is 1. The molecule has 0 saturated carbocycles. The van der Waals surface area contributed by atoms with Crippen LogP contribution in [0.4, 0.5) is 18.9 Å². The lowest BCUT2D eigenvalue weighted by Crippen LogP contribution is -2.39. The summed E-state index contributed by atoms with van der Waals surface area (Å²) in [6.45, 7) is 2.40. The minimum atomic E-state index is -4.38. The maximum atomic E-state index is 12.6. The third-order valence-electron chi connectivity index (χ3n) is 4.29. The number of carbonyl (C=O) groups excluding carboxylic acids is 1. The molecule has 1 amide bonds. The number of anilines is 1. The Kier molecular flexibility index (Phi) is 4.76. The Morgan fingerprint density at radius 1 is 1.20 bits per heavy atom. The van der Waals surface area contributed by atoms with E-state index < -0.39 is 11.7 Å². The van der Waals surface area contributed by atoms with Gasteiger partial charge in [0.25, 0.3) is 0 Å². The van der Waals surface area contributed by atoms with Crippen LogP contribution in [0, 0.1) is 0 Å². The van der Waals surface area contributed by atoms with Crippen LogP contribution < -0.4 is 10.2 Å². The maximum absolute atomic E-state index is 12.6. The molecule has 4 nitrogen and oxygen atoms in total. The second-order valence-corrected chi connectivity index (χ2v) is 6.02. The van der Waals surface area contributed by atoms with Gasteiger partial charge in [-0.2, -0.15) is 13.2 Å². The summed E-state index contributed by atoms with van der Waals surface area (Å²) in [6.07, 6.45) is -2.09. The SMILES string of the molecule is C[C@H](N[C@H]1CCN(c2ccc(C(F)(F)F)cc2)C1=O)c1ccccn1. The molecule has 1 saturated heterocycles. The molecule has 0 bridgehead atoms. The number of aromatic nitrogens is 1. The van der Waals surface area contributed by atoms with Crippen LogP contribution in [0.25, 0.3) is 0 Å². The van der Waals surface area contributed by atoms with Gasteiger partial charge in [0.2, 0.25) is 5.91 Å². The third kappa shape index (κ3) is 3.82. The molecular weight excluding hydrogens is 331 g/mol. The van der Waals surface area contributed by atoms with E-state index in [0.29, 0.717) is 18.7 Å². The van der Waals surface area contributed by atoms with Gasteiger partial charge in [-0.15, -0.1) is 0 Å². The molecule has 1 aromatic carbocycles. The fourth-order valence-corrected chi connectivity index (χ4v) is 2.94. The predicted octanol–water partition coefficient (Wildman–Crippen LogP) is 3.56. The van der Waals surface area contributed by atoms with Crippen molar-refractivity contribution in [2.24, 2.45) is 0 Å². The van der Waals surface area contributed by atoms with Crippen LogP contribution in [0.3, 0.4) is 0 Å². The summed E-state index contributed by atoms with van der Waals surface area (Å²) in [5.41, 5.74) is 0.595. The van der Waals surface area contributed by atoms with Gasteiger partial charge in [-0.1, -0.05) is 6.07 Å². The number of rotatable bonds is 4. The van der Waals surface area contributed by atoms with E-state index in [9.17, 15) is 18.0 Å². The lowest BCUT2D eigenvalue weighted by Gasteiger charge is -2.20. The van der Waals surface area contributed by atoms with E-state index in [0.717, 1.165) is 17.8 Å². The Hall–Kier alpha value is -2.41. The zero-order chi connectivity index (χ0) is 18.0. The second kappa shape index (κ2) is 6.84. The van der Waals surface area contributed by atoms with E-state index in [1.807, 2.05) is 25.1 Å². The first-order valence-corrected chi connectivity index (χ1v) is 8.02. The molecule has 3 rings (SSSR count). The van der Waals surface area contributed by atoms with Crippen molar-refractivity contribution >= 4 is 11.6 Å². The number of hydrogen-bond donors (Lipinski definition) is 1. The predicted molar refractivity (Wildman–Crippen MR) is 88.0 cm³/mol. The summed E-state index contributed by atoms with van der Waals surface area (Å²) in [6, 6.07) is 9.79. The van der Waals surface area contributed by atoms with Gasteiger partial charge in [0.15, 0.2) is 0 Å². The molecule has 2 heterocycles. The van der Waals surface area contributed by atoms with Crippen LogP contribution >= 0.6 is 0 Å². The second-order valence-electron chi connectivity index (χ2n) is 6.02. The van der Waals surface area contributed by atoms with E-state index >= 15 is 0 Å². The highest BCUT2D eigenvalue weighted by molar-refractivity contribution is 5.99. The van der Waals surface area contributed by atoms with Crippen LogP contribution in [0.1, 0.15) is 30.6 Å². The molecule has 0 radical (unpaired) electrons. The highest BCUT2D eigenvalue weighted by atomic mass is 19.4. The Balaban J connectivity index is 1.67. The number of halogens is 3. The molecule has 0 unspecified atom stereocenters. The van der Waals surface area contributed by atoms with Crippen molar-refractivity contribution < 1.29 is 18.0 Å². The van der Waals surface area contributed by atoms with E-state index in [1.54, 1.807) is 6.20 Å². The van der Waals surface area contributed by atoms with Crippen LogP contribution in [-0.4, -0.2) is 23.5 Å². The minimum absolute atomic E-state index is 0.0947. The number of alkyl halides is 3. The lowest BCUT2D eigenvalue weighted by molar-refractivity contribution is -0.137. The van der Waals surface area contributed by atoms with Gasteiger partial charge in [0.1, 0.15) is 0 Å². The monoisotopic (exact) mass is 349 g/mol. The van der Waals surface area contributed by atoms with Crippen LogP contribution in [0.2, 0.25) is 0 Å². The molecular formula is C18H18F3N3O. The molecule has 1 aromatic heterocycles. The topological polar surface area (TPSA) is 45.2 Å². The summed E-state index contributed by atoms with van der Waals surface area (Å²) in [7, 11) is 0. The Morgan fingerprint density at radius 3 is 2.52 bits per heavy atom. The first kappa shape index (κ1) is 17.4. The number of nitrogens with zero attached hydrogens (tertiary/aromatic N) is 2. The van der Waals surface area contributed by atoms with Gasteiger partial charge in [-0.3, -0.25) is 15.1 Å². The van der Waals surface area contributed by atoms with E-state index in [2.05, 4.69) is 10.3 Å². The van der Waals surface area contributed by atoms with Crippen molar-refractivity contribution in [2.45, 2.75) is 31.6 Å². The number of amides is 1. The van der Waals surface area contributed by atoms with E-state index in [-0.39, 0.29) is 18.0 Å². The molecule has 0 spiro atoms. The summed E-state index contributed by atoms with van der Waals surface area (Å²) < 4.78 is 37.9. The Labute approximate surface area is 143 Å². The fraction of sp³-hybridized carbons (Fsp3) is 0.333.